The second-order valence-electron chi connectivity index (χ2n) is 6.49. The molecule has 0 saturated carbocycles. The van der Waals surface area contributed by atoms with Gasteiger partial charge in [-0.15, -0.1) is 0 Å². The summed E-state index contributed by atoms with van der Waals surface area (Å²) in [5, 5.41) is 3.77. The Hall–Kier alpha value is -2.27. The van der Waals surface area contributed by atoms with E-state index in [1.54, 1.807) is 31.6 Å². The van der Waals surface area contributed by atoms with Gasteiger partial charge in [-0.25, -0.2) is 0 Å². The summed E-state index contributed by atoms with van der Waals surface area (Å²) in [6.07, 6.45) is 7.66. The van der Waals surface area contributed by atoms with Crippen molar-refractivity contribution in [2.24, 2.45) is 0 Å². The third-order valence-electron chi connectivity index (χ3n) is 4.78. The third-order valence-corrected chi connectivity index (χ3v) is 5.08. The highest BCUT2D eigenvalue weighted by Crippen LogP contribution is 2.29. The predicted octanol–water partition coefficient (Wildman–Crippen LogP) is 4.89. The van der Waals surface area contributed by atoms with Crippen LogP contribution in [0.25, 0.3) is 0 Å². The van der Waals surface area contributed by atoms with Crippen molar-refractivity contribution in [3.63, 3.8) is 0 Å². The Morgan fingerprint density at radius 3 is 2.88 bits per heavy atom. The number of likely N-dealkylation sites (tertiary alicyclic amines) is 1. The van der Waals surface area contributed by atoms with Gasteiger partial charge in [-0.1, -0.05) is 18.5 Å². The fourth-order valence-corrected chi connectivity index (χ4v) is 3.65. The molecule has 0 radical (unpaired) electrons. The summed E-state index contributed by atoms with van der Waals surface area (Å²) >= 11 is 6.17. The number of halogens is 1. The van der Waals surface area contributed by atoms with Crippen molar-refractivity contribution in [1.29, 1.82) is 0 Å². The molecule has 1 aliphatic heterocycles. The molecule has 3 rings (SSSR count). The maximum atomic E-state index is 12.9. The number of nitrogens with zero attached hydrogens (tertiary/aromatic N) is 2. The molecule has 0 bridgehead atoms. The summed E-state index contributed by atoms with van der Waals surface area (Å²) in [5.41, 5.74) is 2.17. The molecule has 1 N–H and O–H groups in total. The van der Waals surface area contributed by atoms with Crippen LogP contribution in [-0.2, 0) is 0 Å². The molecule has 1 fully saturated rings. The highest BCUT2D eigenvalue weighted by Gasteiger charge is 2.26. The molecule has 26 heavy (non-hydrogen) atoms. The van der Waals surface area contributed by atoms with Crippen molar-refractivity contribution in [3.8, 4) is 5.75 Å². The molecule has 0 spiro atoms. The van der Waals surface area contributed by atoms with Crippen LogP contribution >= 0.6 is 11.6 Å². The first-order valence-electron chi connectivity index (χ1n) is 8.99. The average Bonchev–Trinajstić information content (AvgIpc) is 2.68. The van der Waals surface area contributed by atoms with Gasteiger partial charge in [0.15, 0.2) is 0 Å². The highest BCUT2D eigenvalue weighted by atomic mass is 35.5. The van der Waals surface area contributed by atoms with Crippen LogP contribution in [0.4, 0.5) is 11.4 Å². The molecule has 1 saturated heterocycles. The number of carbonyl (C=O) groups excluding carboxylic acids is 1. The first-order chi connectivity index (χ1) is 12.6. The van der Waals surface area contributed by atoms with Crippen molar-refractivity contribution in [3.05, 3.63) is 47.2 Å². The van der Waals surface area contributed by atoms with E-state index in [1.807, 2.05) is 17.0 Å². The normalized spacial score (nSPS) is 17.0. The first-order valence-corrected chi connectivity index (χ1v) is 9.36. The highest BCUT2D eigenvalue weighted by molar-refractivity contribution is 6.32. The van der Waals surface area contributed by atoms with Gasteiger partial charge in [0.05, 0.1) is 29.6 Å². The van der Waals surface area contributed by atoms with E-state index in [1.165, 1.54) is 6.42 Å². The maximum Gasteiger partial charge on any atom is 0.255 e. The molecule has 2 heterocycles. The van der Waals surface area contributed by atoms with Gasteiger partial charge in [0, 0.05) is 24.5 Å². The molecule has 1 aliphatic rings. The second kappa shape index (κ2) is 8.41. The number of carbonyl (C=O) groups is 1. The minimum Gasteiger partial charge on any atom is -0.495 e. The molecule has 1 aromatic heterocycles. The Bertz CT molecular complexity index is 781. The summed E-state index contributed by atoms with van der Waals surface area (Å²) in [5.74, 6) is 0.676. The predicted molar refractivity (Wildman–Crippen MR) is 104 cm³/mol. The van der Waals surface area contributed by atoms with Gasteiger partial charge >= 0.3 is 0 Å². The molecule has 138 valence electrons. The van der Waals surface area contributed by atoms with Crippen molar-refractivity contribution in [2.45, 2.75) is 38.6 Å². The van der Waals surface area contributed by atoms with Crippen molar-refractivity contribution < 1.29 is 9.53 Å². The van der Waals surface area contributed by atoms with Crippen LogP contribution < -0.4 is 10.1 Å². The Morgan fingerprint density at radius 2 is 2.15 bits per heavy atom. The largest absolute Gasteiger partial charge is 0.495 e. The quantitative estimate of drug-likeness (QED) is 0.810. The number of pyridine rings is 1. The molecule has 1 atom stereocenters. The second-order valence-corrected chi connectivity index (χ2v) is 6.90. The summed E-state index contributed by atoms with van der Waals surface area (Å²) in [6, 6.07) is 7.62. The zero-order valence-electron chi connectivity index (χ0n) is 15.2. The zero-order chi connectivity index (χ0) is 18.5. The standard InChI is InChI=1S/C20H24ClN3O2/c1-3-17-6-4-5-9-24(17)20(25)14-10-16(13-22-12-14)23-15-7-8-19(26-2)18(21)11-15/h7-8,10-13,17,23H,3-6,9H2,1-2H3. The fraction of sp³-hybridized carbons (Fsp3) is 0.400. The SMILES string of the molecule is CCC1CCCCN1C(=O)c1cncc(Nc2ccc(OC)c(Cl)c2)c1. The number of methoxy groups -OCH3 is 1. The van der Waals surface area contributed by atoms with E-state index < -0.39 is 0 Å². The molecule has 5 nitrogen and oxygen atoms in total. The summed E-state index contributed by atoms with van der Waals surface area (Å²) in [7, 11) is 1.58. The number of amides is 1. The molecule has 1 amide bonds. The Labute approximate surface area is 159 Å². The van der Waals surface area contributed by atoms with E-state index in [9.17, 15) is 4.79 Å². The molecule has 0 aliphatic carbocycles. The number of ether oxygens (including phenoxy) is 1. The number of anilines is 2. The minimum absolute atomic E-state index is 0.0560. The van der Waals surface area contributed by atoms with E-state index in [4.69, 9.17) is 16.3 Å². The molecule has 2 aromatic rings. The Kier molecular flexibility index (Phi) is 5.99. The van der Waals surface area contributed by atoms with Crippen LogP contribution in [0, 0.1) is 0 Å². The molecule has 1 unspecified atom stereocenters. The molecule has 1 aromatic carbocycles. The third kappa shape index (κ3) is 4.10. The van der Waals surface area contributed by atoms with Gasteiger partial charge in [-0.3, -0.25) is 9.78 Å². The van der Waals surface area contributed by atoms with Crippen LogP contribution in [0.15, 0.2) is 36.7 Å². The number of hydrogen-bond acceptors (Lipinski definition) is 4. The number of piperidine rings is 1. The van der Waals surface area contributed by atoms with Gasteiger partial charge in [0.1, 0.15) is 5.75 Å². The first kappa shape index (κ1) is 18.5. The lowest BCUT2D eigenvalue weighted by atomic mass is 9.99. The molecule has 6 heteroatoms. The summed E-state index contributed by atoms with van der Waals surface area (Å²) in [4.78, 5) is 19.2. The fourth-order valence-electron chi connectivity index (χ4n) is 3.39. The lowest BCUT2D eigenvalue weighted by molar-refractivity contribution is 0.0607. The Morgan fingerprint density at radius 1 is 1.31 bits per heavy atom. The van der Waals surface area contributed by atoms with Gasteiger partial charge in [0.25, 0.3) is 5.91 Å². The van der Waals surface area contributed by atoms with Crippen LogP contribution in [0.5, 0.6) is 5.75 Å². The van der Waals surface area contributed by atoms with Gasteiger partial charge in [-0.2, -0.15) is 0 Å². The van der Waals surface area contributed by atoms with E-state index in [2.05, 4.69) is 17.2 Å². The zero-order valence-corrected chi connectivity index (χ0v) is 15.9. The topological polar surface area (TPSA) is 54.5 Å². The van der Waals surface area contributed by atoms with Crippen molar-refractivity contribution in [2.75, 3.05) is 19.0 Å². The van der Waals surface area contributed by atoms with Gasteiger partial charge < -0.3 is 15.0 Å². The number of hydrogen-bond donors (Lipinski definition) is 1. The molecular weight excluding hydrogens is 350 g/mol. The summed E-state index contributed by atoms with van der Waals surface area (Å²) in [6.45, 7) is 2.96. The van der Waals surface area contributed by atoms with E-state index >= 15 is 0 Å². The number of nitrogens with one attached hydrogen (secondary N) is 1. The van der Waals surface area contributed by atoms with E-state index in [-0.39, 0.29) is 5.91 Å². The van der Waals surface area contributed by atoms with E-state index in [0.29, 0.717) is 22.4 Å². The number of rotatable bonds is 5. The van der Waals surface area contributed by atoms with Crippen LogP contribution in [0.1, 0.15) is 43.0 Å². The monoisotopic (exact) mass is 373 g/mol. The van der Waals surface area contributed by atoms with Crippen LogP contribution in [-0.4, -0.2) is 35.5 Å². The summed E-state index contributed by atoms with van der Waals surface area (Å²) < 4.78 is 5.17. The lowest BCUT2D eigenvalue weighted by Gasteiger charge is -2.35. The molecular formula is C20H24ClN3O2. The smallest absolute Gasteiger partial charge is 0.255 e. The van der Waals surface area contributed by atoms with Gasteiger partial charge in [-0.05, 0) is 49.9 Å². The maximum absolute atomic E-state index is 12.9. The van der Waals surface area contributed by atoms with Gasteiger partial charge in [0.2, 0.25) is 0 Å². The minimum atomic E-state index is 0.0560. The number of aromatic nitrogens is 1. The van der Waals surface area contributed by atoms with Crippen LogP contribution in [0.2, 0.25) is 5.02 Å². The van der Waals surface area contributed by atoms with Crippen LogP contribution in [0.3, 0.4) is 0 Å². The Balaban J connectivity index is 1.77. The van der Waals surface area contributed by atoms with E-state index in [0.717, 1.165) is 37.2 Å². The average molecular weight is 374 g/mol. The van der Waals surface area contributed by atoms with Crippen molar-refractivity contribution >= 4 is 28.9 Å². The number of benzene rings is 1. The van der Waals surface area contributed by atoms with Crippen molar-refractivity contribution in [1.82, 2.24) is 9.88 Å². The lowest BCUT2D eigenvalue weighted by Crippen LogP contribution is -2.43.